The predicted octanol–water partition coefficient (Wildman–Crippen LogP) is 3.74. The first-order valence-electron chi connectivity index (χ1n) is 6.38. The van der Waals surface area contributed by atoms with Crippen LogP contribution in [-0.2, 0) is 6.54 Å². The highest BCUT2D eigenvalue weighted by Gasteiger charge is 2.06. The SMILES string of the molecule is Cc1cc(CNCC(C)C)cnc1Sc1nccs1. The molecule has 0 amide bonds. The number of hydrogen-bond acceptors (Lipinski definition) is 5. The van der Waals surface area contributed by atoms with E-state index in [9.17, 15) is 0 Å². The van der Waals surface area contributed by atoms with Crippen LogP contribution >= 0.6 is 23.1 Å². The van der Waals surface area contributed by atoms with E-state index >= 15 is 0 Å². The molecule has 19 heavy (non-hydrogen) atoms. The average molecular weight is 293 g/mol. The number of pyridine rings is 1. The first-order chi connectivity index (χ1) is 9.15. The van der Waals surface area contributed by atoms with Gasteiger partial charge in [-0.1, -0.05) is 19.9 Å². The van der Waals surface area contributed by atoms with Gasteiger partial charge in [0, 0.05) is 24.3 Å². The second-order valence-electron chi connectivity index (χ2n) is 4.89. The maximum absolute atomic E-state index is 4.54. The summed E-state index contributed by atoms with van der Waals surface area (Å²) in [6.45, 7) is 8.45. The van der Waals surface area contributed by atoms with Crippen LogP contribution in [0.5, 0.6) is 0 Å². The zero-order valence-corrected chi connectivity index (χ0v) is 13.1. The van der Waals surface area contributed by atoms with E-state index in [-0.39, 0.29) is 0 Å². The van der Waals surface area contributed by atoms with Crippen molar-refractivity contribution in [2.45, 2.75) is 36.7 Å². The number of aromatic nitrogens is 2. The minimum absolute atomic E-state index is 0.675. The van der Waals surface area contributed by atoms with Gasteiger partial charge in [0.05, 0.1) is 0 Å². The standard InChI is InChI=1S/C14H19N3S2/c1-10(2)7-15-8-12-6-11(3)13(17-9-12)19-14-16-4-5-18-14/h4-6,9-10,15H,7-8H2,1-3H3. The van der Waals surface area contributed by atoms with Crippen LogP contribution in [0.4, 0.5) is 0 Å². The second-order valence-corrected chi connectivity index (χ2v) is 7.02. The summed E-state index contributed by atoms with van der Waals surface area (Å²) in [5.74, 6) is 0.675. The summed E-state index contributed by atoms with van der Waals surface area (Å²) in [5, 5.41) is 6.47. The Morgan fingerprint density at radius 3 is 2.84 bits per heavy atom. The summed E-state index contributed by atoms with van der Waals surface area (Å²) >= 11 is 3.28. The van der Waals surface area contributed by atoms with Gasteiger partial charge in [0.2, 0.25) is 0 Å². The molecule has 0 aliphatic rings. The van der Waals surface area contributed by atoms with E-state index < -0.39 is 0 Å². The highest BCUT2D eigenvalue weighted by atomic mass is 32.2. The molecule has 0 aliphatic heterocycles. The molecular formula is C14H19N3S2. The Hall–Kier alpha value is -0.910. The van der Waals surface area contributed by atoms with Crippen molar-refractivity contribution in [1.29, 1.82) is 0 Å². The maximum Gasteiger partial charge on any atom is 0.156 e. The Morgan fingerprint density at radius 1 is 1.37 bits per heavy atom. The molecule has 0 aliphatic carbocycles. The van der Waals surface area contributed by atoms with E-state index in [1.807, 2.05) is 17.8 Å². The molecule has 2 heterocycles. The largest absolute Gasteiger partial charge is 0.312 e. The molecule has 2 aromatic rings. The summed E-state index contributed by atoms with van der Waals surface area (Å²) in [5.41, 5.74) is 2.45. The van der Waals surface area contributed by atoms with Crippen LogP contribution in [-0.4, -0.2) is 16.5 Å². The van der Waals surface area contributed by atoms with Gasteiger partial charge in [-0.05, 0) is 42.3 Å². The summed E-state index contributed by atoms with van der Waals surface area (Å²) in [6.07, 6.45) is 3.78. The van der Waals surface area contributed by atoms with Gasteiger partial charge in [0.1, 0.15) is 5.03 Å². The molecule has 0 saturated carbocycles. The lowest BCUT2D eigenvalue weighted by molar-refractivity contribution is 0.551. The highest BCUT2D eigenvalue weighted by Crippen LogP contribution is 2.29. The van der Waals surface area contributed by atoms with Gasteiger partial charge in [-0.3, -0.25) is 0 Å². The van der Waals surface area contributed by atoms with Gasteiger partial charge in [-0.25, -0.2) is 9.97 Å². The molecule has 0 unspecified atom stereocenters. The first kappa shape index (κ1) is 14.5. The third-order valence-corrected chi connectivity index (χ3v) is 4.57. The number of nitrogens with zero attached hydrogens (tertiary/aromatic N) is 2. The molecule has 0 radical (unpaired) electrons. The minimum Gasteiger partial charge on any atom is -0.312 e. The monoisotopic (exact) mass is 293 g/mol. The summed E-state index contributed by atoms with van der Waals surface area (Å²) in [4.78, 5) is 8.81. The van der Waals surface area contributed by atoms with Crippen LogP contribution < -0.4 is 5.32 Å². The van der Waals surface area contributed by atoms with Gasteiger partial charge < -0.3 is 5.32 Å². The van der Waals surface area contributed by atoms with Gasteiger partial charge in [0.25, 0.3) is 0 Å². The lowest BCUT2D eigenvalue weighted by Gasteiger charge is -2.09. The molecular weight excluding hydrogens is 274 g/mol. The second kappa shape index (κ2) is 7.03. The number of thiazole rings is 1. The van der Waals surface area contributed by atoms with E-state index in [1.54, 1.807) is 23.1 Å². The Kier molecular flexibility index (Phi) is 5.36. The number of nitrogens with one attached hydrogen (secondary N) is 1. The van der Waals surface area contributed by atoms with E-state index in [4.69, 9.17) is 0 Å². The topological polar surface area (TPSA) is 37.8 Å². The molecule has 1 N–H and O–H groups in total. The fourth-order valence-electron chi connectivity index (χ4n) is 1.67. The average Bonchev–Trinajstić information content (AvgIpc) is 2.85. The van der Waals surface area contributed by atoms with Crippen molar-refractivity contribution < 1.29 is 0 Å². The molecule has 0 atom stereocenters. The molecule has 2 rings (SSSR count). The van der Waals surface area contributed by atoms with Crippen LogP contribution in [0.25, 0.3) is 0 Å². The van der Waals surface area contributed by atoms with Crippen LogP contribution in [0.15, 0.2) is 33.2 Å². The normalized spacial score (nSPS) is 11.2. The number of aryl methyl sites for hydroxylation is 1. The Morgan fingerprint density at radius 2 is 2.21 bits per heavy atom. The molecule has 102 valence electrons. The van der Waals surface area contributed by atoms with Crippen molar-refractivity contribution in [3.8, 4) is 0 Å². The molecule has 0 fully saturated rings. The first-order valence-corrected chi connectivity index (χ1v) is 8.08. The van der Waals surface area contributed by atoms with Gasteiger partial charge in [-0.2, -0.15) is 0 Å². The molecule has 2 aromatic heterocycles. The Balaban J connectivity index is 1.97. The van der Waals surface area contributed by atoms with Gasteiger partial charge >= 0.3 is 0 Å². The molecule has 0 saturated heterocycles. The predicted molar refractivity (Wildman–Crippen MR) is 81.8 cm³/mol. The van der Waals surface area contributed by atoms with E-state index in [0.717, 1.165) is 22.5 Å². The lowest BCUT2D eigenvalue weighted by Crippen LogP contribution is -2.19. The van der Waals surface area contributed by atoms with Crippen molar-refractivity contribution in [3.05, 3.63) is 35.0 Å². The van der Waals surface area contributed by atoms with Gasteiger partial charge in [0.15, 0.2) is 4.34 Å². The summed E-state index contributed by atoms with van der Waals surface area (Å²) in [7, 11) is 0. The zero-order chi connectivity index (χ0) is 13.7. The smallest absolute Gasteiger partial charge is 0.156 e. The molecule has 0 spiro atoms. The number of hydrogen-bond donors (Lipinski definition) is 1. The Labute approximate surface area is 122 Å². The zero-order valence-electron chi connectivity index (χ0n) is 11.5. The molecule has 0 aromatic carbocycles. The van der Waals surface area contributed by atoms with Crippen LogP contribution in [0.2, 0.25) is 0 Å². The van der Waals surface area contributed by atoms with Crippen molar-refractivity contribution in [2.24, 2.45) is 5.92 Å². The maximum atomic E-state index is 4.54. The molecule has 3 nitrogen and oxygen atoms in total. The quantitative estimate of drug-likeness (QED) is 0.880. The van der Waals surface area contributed by atoms with Crippen LogP contribution in [0.1, 0.15) is 25.0 Å². The van der Waals surface area contributed by atoms with Crippen molar-refractivity contribution in [3.63, 3.8) is 0 Å². The van der Waals surface area contributed by atoms with E-state index in [2.05, 4.69) is 42.1 Å². The fourth-order valence-corrected chi connectivity index (χ4v) is 3.23. The van der Waals surface area contributed by atoms with E-state index in [0.29, 0.717) is 5.92 Å². The minimum atomic E-state index is 0.675. The Bertz CT molecular complexity index is 509. The third-order valence-electron chi connectivity index (χ3n) is 2.56. The van der Waals surface area contributed by atoms with Gasteiger partial charge in [-0.15, -0.1) is 11.3 Å². The lowest BCUT2D eigenvalue weighted by atomic mass is 10.2. The van der Waals surface area contributed by atoms with Crippen molar-refractivity contribution in [2.75, 3.05) is 6.54 Å². The fraction of sp³-hybridized carbons (Fsp3) is 0.429. The van der Waals surface area contributed by atoms with Crippen LogP contribution in [0, 0.1) is 12.8 Å². The highest BCUT2D eigenvalue weighted by molar-refractivity contribution is 8.01. The van der Waals surface area contributed by atoms with E-state index in [1.165, 1.54) is 11.1 Å². The summed E-state index contributed by atoms with van der Waals surface area (Å²) in [6, 6.07) is 2.20. The summed E-state index contributed by atoms with van der Waals surface area (Å²) < 4.78 is 1.04. The van der Waals surface area contributed by atoms with Crippen molar-refractivity contribution >= 4 is 23.1 Å². The number of rotatable bonds is 6. The van der Waals surface area contributed by atoms with Crippen LogP contribution in [0.3, 0.4) is 0 Å². The third kappa shape index (κ3) is 4.60. The van der Waals surface area contributed by atoms with Crippen molar-refractivity contribution in [1.82, 2.24) is 15.3 Å². The molecule has 0 bridgehead atoms. The molecule has 5 heteroatoms.